The second kappa shape index (κ2) is 4.37. The minimum atomic E-state index is 0.0675. The summed E-state index contributed by atoms with van der Waals surface area (Å²) in [5, 5.41) is 12.9. The van der Waals surface area contributed by atoms with Gasteiger partial charge in [0.05, 0.1) is 12.6 Å². The highest BCUT2D eigenvalue weighted by atomic mass is 32.1. The maximum Gasteiger partial charge on any atom is 0.202 e. The summed E-state index contributed by atoms with van der Waals surface area (Å²) in [6.07, 6.45) is 1.50. The maximum atomic E-state index is 8.99. The van der Waals surface area contributed by atoms with Crippen molar-refractivity contribution in [3.05, 3.63) is 6.33 Å². The molecule has 0 saturated carbocycles. The van der Waals surface area contributed by atoms with E-state index in [0.717, 1.165) is 5.13 Å². The van der Waals surface area contributed by atoms with Crippen LogP contribution in [-0.2, 0) is 0 Å². The molecular weight excluding hydrogens is 174 g/mol. The predicted molar refractivity (Wildman–Crippen MR) is 49.2 cm³/mol. The lowest BCUT2D eigenvalue weighted by Crippen LogP contribution is -2.29. The molecular formula is C7H13N3OS. The van der Waals surface area contributed by atoms with Gasteiger partial charge in [-0.3, -0.25) is 0 Å². The van der Waals surface area contributed by atoms with Gasteiger partial charge in [-0.1, -0.05) is 13.8 Å². The van der Waals surface area contributed by atoms with Gasteiger partial charge < -0.3 is 10.4 Å². The molecule has 0 radical (unpaired) electrons. The standard InChI is InChI=1S/C7H13N3OS/c1-5(2)6(3-11)10-7-8-4-9-12-7/h4-6,11H,3H2,1-2H3,(H,8,9,10). The first-order valence-electron chi connectivity index (χ1n) is 3.88. The molecule has 12 heavy (non-hydrogen) atoms. The van der Waals surface area contributed by atoms with Crippen LogP contribution in [0.3, 0.4) is 0 Å². The van der Waals surface area contributed by atoms with Crippen molar-refractivity contribution in [3.8, 4) is 0 Å². The normalized spacial score (nSPS) is 13.3. The van der Waals surface area contributed by atoms with Gasteiger partial charge in [0, 0.05) is 11.5 Å². The molecule has 0 bridgehead atoms. The molecule has 1 atom stereocenters. The fraction of sp³-hybridized carbons (Fsp3) is 0.714. The van der Waals surface area contributed by atoms with Gasteiger partial charge in [0.15, 0.2) is 0 Å². The Kier molecular flexibility index (Phi) is 3.43. The summed E-state index contributed by atoms with van der Waals surface area (Å²) in [6.45, 7) is 4.22. The topological polar surface area (TPSA) is 58.0 Å². The van der Waals surface area contributed by atoms with Crippen molar-refractivity contribution in [2.24, 2.45) is 5.92 Å². The van der Waals surface area contributed by atoms with Gasteiger partial charge in [-0.25, -0.2) is 4.98 Å². The largest absolute Gasteiger partial charge is 0.394 e. The molecule has 1 aromatic rings. The average Bonchev–Trinajstić information content (AvgIpc) is 2.51. The molecule has 0 spiro atoms. The van der Waals surface area contributed by atoms with Crippen LogP contribution in [0.5, 0.6) is 0 Å². The number of hydrogen-bond donors (Lipinski definition) is 2. The molecule has 0 amide bonds. The second-order valence-corrected chi connectivity index (χ2v) is 3.70. The van der Waals surface area contributed by atoms with Crippen molar-refractivity contribution in [1.29, 1.82) is 0 Å². The molecule has 2 N–H and O–H groups in total. The lowest BCUT2D eigenvalue weighted by atomic mass is 10.1. The van der Waals surface area contributed by atoms with Gasteiger partial charge in [0.1, 0.15) is 6.33 Å². The molecule has 5 heteroatoms. The molecule has 68 valence electrons. The Hall–Kier alpha value is -0.680. The summed E-state index contributed by atoms with van der Waals surface area (Å²) in [4.78, 5) is 3.97. The van der Waals surface area contributed by atoms with E-state index < -0.39 is 0 Å². The predicted octanol–water partition coefficient (Wildman–Crippen LogP) is 0.967. The first kappa shape index (κ1) is 9.41. The number of nitrogens with one attached hydrogen (secondary N) is 1. The Morgan fingerprint density at radius 1 is 1.67 bits per heavy atom. The van der Waals surface area contributed by atoms with Crippen molar-refractivity contribution in [2.45, 2.75) is 19.9 Å². The maximum absolute atomic E-state index is 8.99. The SMILES string of the molecule is CC(C)C(CO)Nc1ncns1. The van der Waals surface area contributed by atoms with E-state index >= 15 is 0 Å². The van der Waals surface area contributed by atoms with Crippen molar-refractivity contribution >= 4 is 16.7 Å². The summed E-state index contributed by atoms with van der Waals surface area (Å²) in [6, 6.07) is 0.0675. The van der Waals surface area contributed by atoms with E-state index in [2.05, 4.69) is 28.5 Å². The summed E-state index contributed by atoms with van der Waals surface area (Å²) in [5.41, 5.74) is 0. The van der Waals surface area contributed by atoms with Gasteiger partial charge in [-0.15, -0.1) is 0 Å². The van der Waals surface area contributed by atoms with Crippen LogP contribution in [0, 0.1) is 5.92 Å². The van der Waals surface area contributed by atoms with Crippen LogP contribution in [0.4, 0.5) is 5.13 Å². The Balaban J connectivity index is 2.48. The Bertz CT molecular complexity index is 212. The number of nitrogens with zero attached hydrogens (tertiary/aromatic N) is 2. The molecule has 0 aliphatic rings. The molecule has 1 aromatic heterocycles. The van der Waals surface area contributed by atoms with Crippen LogP contribution in [0.2, 0.25) is 0 Å². The Morgan fingerprint density at radius 2 is 2.42 bits per heavy atom. The molecule has 4 nitrogen and oxygen atoms in total. The lowest BCUT2D eigenvalue weighted by Gasteiger charge is -2.18. The molecule has 0 aromatic carbocycles. The van der Waals surface area contributed by atoms with Crippen LogP contribution in [0.1, 0.15) is 13.8 Å². The zero-order valence-corrected chi connectivity index (χ0v) is 8.01. The van der Waals surface area contributed by atoms with Crippen LogP contribution in [0.15, 0.2) is 6.33 Å². The van der Waals surface area contributed by atoms with Gasteiger partial charge in [-0.2, -0.15) is 4.37 Å². The van der Waals surface area contributed by atoms with E-state index in [1.54, 1.807) is 0 Å². The summed E-state index contributed by atoms with van der Waals surface area (Å²) in [5.74, 6) is 0.388. The van der Waals surface area contributed by atoms with Crippen molar-refractivity contribution in [2.75, 3.05) is 11.9 Å². The minimum Gasteiger partial charge on any atom is -0.394 e. The highest BCUT2D eigenvalue weighted by molar-refractivity contribution is 7.09. The number of aliphatic hydroxyl groups is 1. The Labute approximate surface area is 75.8 Å². The molecule has 1 heterocycles. The fourth-order valence-electron chi connectivity index (χ4n) is 0.818. The highest BCUT2D eigenvalue weighted by Crippen LogP contribution is 2.12. The van der Waals surface area contributed by atoms with E-state index in [4.69, 9.17) is 5.11 Å². The van der Waals surface area contributed by atoms with E-state index in [1.807, 2.05) is 0 Å². The minimum absolute atomic E-state index is 0.0675. The van der Waals surface area contributed by atoms with Crippen LogP contribution in [0.25, 0.3) is 0 Å². The zero-order valence-electron chi connectivity index (χ0n) is 7.19. The second-order valence-electron chi connectivity index (χ2n) is 2.92. The number of rotatable bonds is 4. The third-order valence-corrected chi connectivity index (χ3v) is 2.27. The molecule has 0 aliphatic heterocycles. The summed E-state index contributed by atoms with van der Waals surface area (Å²) >= 11 is 1.30. The van der Waals surface area contributed by atoms with E-state index in [0.29, 0.717) is 5.92 Å². The Morgan fingerprint density at radius 3 is 2.83 bits per heavy atom. The van der Waals surface area contributed by atoms with Gasteiger partial charge >= 0.3 is 0 Å². The first-order chi connectivity index (χ1) is 5.74. The fourth-order valence-corrected chi connectivity index (χ4v) is 1.31. The molecule has 1 rings (SSSR count). The van der Waals surface area contributed by atoms with Crippen LogP contribution >= 0.6 is 11.5 Å². The smallest absolute Gasteiger partial charge is 0.202 e. The number of aliphatic hydroxyl groups excluding tert-OH is 1. The lowest BCUT2D eigenvalue weighted by molar-refractivity contribution is 0.249. The van der Waals surface area contributed by atoms with Gasteiger partial charge in [-0.05, 0) is 5.92 Å². The summed E-state index contributed by atoms with van der Waals surface area (Å²) in [7, 11) is 0. The third-order valence-electron chi connectivity index (χ3n) is 1.67. The van der Waals surface area contributed by atoms with Crippen molar-refractivity contribution in [3.63, 3.8) is 0 Å². The third kappa shape index (κ3) is 2.42. The van der Waals surface area contributed by atoms with Crippen LogP contribution < -0.4 is 5.32 Å². The molecule has 0 aliphatic carbocycles. The monoisotopic (exact) mass is 187 g/mol. The number of hydrogen-bond acceptors (Lipinski definition) is 5. The molecule has 1 unspecified atom stereocenters. The van der Waals surface area contributed by atoms with Gasteiger partial charge in [0.2, 0.25) is 5.13 Å². The van der Waals surface area contributed by atoms with Crippen molar-refractivity contribution in [1.82, 2.24) is 9.36 Å². The number of anilines is 1. The first-order valence-corrected chi connectivity index (χ1v) is 4.65. The van der Waals surface area contributed by atoms with E-state index in [1.165, 1.54) is 17.9 Å². The van der Waals surface area contributed by atoms with Crippen molar-refractivity contribution < 1.29 is 5.11 Å². The van der Waals surface area contributed by atoms with Gasteiger partial charge in [0.25, 0.3) is 0 Å². The summed E-state index contributed by atoms with van der Waals surface area (Å²) < 4.78 is 3.86. The quantitative estimate of drug-likeness (QED) is 0.737. The van der Waals surface area contributed by atoms with E-state index in [9.17, 15) is 0 Å². The molecule has 0 saturated heterocycles. The highest BCUT2D eigenvalue weighted by Gasteiger charge is 2.12. The zero-order chi connectivity index (χ0) is 8.97. The van der Waals surface area contributed by atoms with E-state index in [-0.39, 0.29) is 12.6 Å². The molecule has 0 fully saturated rings. The average molecular weight is 187 g/mol. The number of aromatic nitrogens is 2. The van der Waals surface area contributed by atoms with Crippen LogP contribution in [-0.4, -0.2) is 27.1 Å².